The third kappa shape index (κ3) is 2.85. The normalized spacial score (nSPS) is 23.2. The van der Waals surface area contributed by atoms with Crippen LogP contribution in [0.25, 0.3) is 16.5 Å². The topological polar surface area (TPSA) is 30.3 Å². The molecule has 0 amide bonds. The predicted molar refractivity (Wildman–Crippen MR) is 104 cm³/mol. The van der Waals surface area contributed by atoms with Crippen molar-refractivity contribution in [2.24, 2.45) is 7.05 Å². The summed E-state index contributed by atoms with van der Waals surface area (Å²) in [5, 5.41) is 5.76. The first-order valence-electron chi connectivity index (χ1n) is 9.28. The molecule has 2 atom stereocenters. The van der Waals surface area contributed by atoms with E-state index in [4.69, 9.17) is 4.74 Å². The molecule has 2 aliphatic heterocycles. The Kier molecular flexibility index (Phi) is 3.88. The molecule has 0 spiro atoms. The van der Waals surface area contributed by atoms with Gasteiger partial charge in [0, 0.05) is 31.2 Å². The van der Waals surface area contributed by atoms with Crippen molar-refractivity contribution in [1.82, 2.24) is 14.7 Å². The molecule has 0 saturated carbocycles. The van der Waals surface area contributed by atoms with Gasteiger partial charge in [-0.2, -0.15) is 5.10 Å². The van der Waals surface area contributed by atoms with Crippen LogP contribution in [0.2, 0.25) is 0 Å². The van der Waals surface area contributed by atoms with Crippen LogP contribution in [0, 0.1) is 0 Å². The summed E-state index contributed by atoms with van der Waals surface area (Å²) in [6, 6.07) is 18.2. The number of aryl methyl sites for hydroxylation is 1. The van der Waals surface area contributed by atoms with E-state index in [0.717, 1.165) is 31.7 Å². The zero-order valence-corrected chi connectivity index (χ0v) is 15.0. The molecule has 0 radical (unpaired) electrons. The molecule has 3 aromatic rings. The molecule has 4 heteroatoms. The van der Waals surface area contributed by atoms with Crippen LogP contribution in [0.15, 0.2) is 60.8 Å². The molecule has 2 aromatic carbocycles. The van der Waals surface area contributed by atoms with Crippen LogP contribution in [0.5, 0.6) is 0 Å². The third-order valence-electron chi connectivity index (χ3n) is 5.54. The smallest absolute Gasteiger partial charge is 0.0929 e. The summed E-state index contributed by atoms with van der Waals surface area (Å²) in [5.74, 6) is 0. The van der Waals surface area contributed by atoms with Crippen molar-refractivity contribution in [3.05, 3.63) is 71.9 Å². The minimum Gasteiger partial charge on any atom is -0.378 e. The van der Waals surface area contributed by atoms with E-state index in [2.05, 4.69) is 70.8 Å². The first-order valence-corrected chi connectivity index (χ1v) is 9.28. The lowest BCUT2D eigenvalue weighted by Gasteiger charge is -2.44. The second-order valence-corrected chi connectivity index (χ2v) is 7.39. The average molecular weight is 345 g/mol. The Morgan fingerprint density at radius 3 is 2.85 bits per heavy atom. The Labute approximate surface area is 153 Å². The van der Waals surface area contributed by atoms with Gasteiger partial charge in [-0.3, -0.25) is 9.58 Å². The maximum atomic E-state index is 5.86. The van der Waals surface area contributed by atoms with Gasteiger partial charge in [-0.15, -0.1) is 0 Å². The summed E-state index contributed by atoms with van der Waals surface area (Å²) >= 11 is 0. The van der Waals surface area contributed by atoms with E-state index in [9.17, 15) is 0 Å². The van der Waals surface area contributed by atoms with Crippen molar-refractivity contribution in [3.8, 4) is 0 Å². The first kappa shape index (κ1) is 15.8. The van der Waals surface area contributed by atoms with Gasteiger partial charge in [0.15, 0.2) is 0 Å². The predicted octanol–water partition coefficient (Wildman–Crippen LogP) is 3.63. The quantitative estimate of drug-likeness (QED) is 0.726. The highest BCUT2D eigenvalue weighted by atomic mass is 16.5. The van der Waals surface area contributed by atoms with Gasteiger partial charge in [-0.05, 0) is 29.2 Å². The fourth-order valence-electron chi connectivity index (χ4n) is 4.26. The van der Waals surface area contributed by atoms with E-state index in [1.54, 1.807) is 0 Å². The second kappa shape index (κ2) is 6.38. The maximum Gasteiger partial charge on any atom is 0.0929 e. The Bertz CT molecular complexity index is 960. The van der Waals surface area contributed by atoms with Gasteiger partial charge in [0.2, 0.25) is 0 Å². The van der Waals surface area contributed by atoms with Crippen LogP contribution >= 0.6 is 0 Å². The monoisotopic (exact) mass is 345 g/mol. The molecule has 0 aliphatic carbocycles. The van der Waals surface area contributed by atoms with Crippen LogP contribution in [-0.4, -0.2) is 40.0 Å². The molecule has 1 aromatic heterocycles. The van der Waals surface area contributed by atoms with Crippen molar-refractivity contribution in [2.45, 2.75) is 25.0 Å². The Balaban J connectivity index is 1.45. The van der Waals surface area contributed by atoms with Gasteiger partial charge < -0.3 is 4.74 Å². The highest BCUT2D eigenvalue weighted by Gasteiger charge is 2.34. The van der Waals surface area contributed by atoms with E-state index in [1.165, 1.54) is 22.1 Å². The molecule has 2 aliphatic rings. The molecule has 4 nitrogen and oxygen atoms in total. The summed E-state index contributed by atoms with van der Waals surface area (Å²) in [6.45, 7) is 2.58. The molecule has 1 fully saturated rings. The van der Waals surface area contributed by atoms with E-state index >= 15 is 0 Å². The van der Waals surface area contributed by atoms with E-state index < -0.39 is 0 Å². The van der Waals surface area contributed by atoms with E-state index in [1.807, 2.05) is 11.7 Å². The maximum absolute atomic E-state index is 5.86. The molecule has 132 valence electrons. The van der Waals surface area contributed by atoms with Crippen molar-refractivity contribution in [3.63, 3.8) is 0 Å². The summed E-state index contributed by atoms with van der Waals surface area (Å²) in [7, 11) is 1.97. The van der Waals surface area contributed by atoms with Gasteiger partial charge >= 0.3 is 0 Å². The molecular formula is C22H23N3O. The lowest BCUT2D eigenvalue weighted by atomic mass is 9.89. The number of hydrogen-bond donors (Lipinski definition) is 0. The summed E-state index contributed by atoms with van der Waals surface area (Å²) in [4.78, 5) is 2.60. The Morgan fingerprint density at radius 2 is 2.00 bits per heavy atom. The molecular weight excluding hydrogens is 322 g/mol. The lowest BCUT2D eigenvalue weighted by Crippen LogP contribution is -2.53. The van der Waals surface area contributed by atoms with Crippen LogP contribution in [0.1, 0.15) is 17.5 Å². The zero-order chi connectivity index (χ0) is 17.5. The number of morpholine rings is 1. The fourth-order valence-corrected chi connectivity index (χ4v) is 4.26. The number of ether oxygens (including phenoxy) is 1. The van der Waals surface area contributed by atoms with Gasteiger partial charge in [-0.1, -0.05) is 48.5 Å². The standard InChI is InChI=1S/C22H23N3O/c1-24-13-18-8-7-17(11-22(18)23-24)19-9-20-14-26-15-21(10-19)25(20)12-16-5-3-2-4-6-16/h2-9,11,13,20-21H,10,12,14-15H2,1H3. The number of fused-ring (bicyclic) bond motifs is 3. The largest absolute Gasteiger partial charge is 0.378 e. The number of hydrogen-bond acceptors (Lipinski definition) is 3. The summed E-state index contributed by atoms with van der Waals surface area (Å²) in [6.07, 6.45) is 5.50. The first-order chi connectivity index (χ1) is 12.8. The number of aromatic nitrogens is 2. The van der Waals surface area contributed by atoms with Gasteiger partial charge in [0.05, 0.1) is 24.8 Å². The number of nitrogens with zero attached hydrogens (tertiary/aromatic N) is 3. The molecule has 2 bridgehead atoms. The van der Waals surface area contributed by atoms with Crippen LogP contribution in [0.4, 0.5) is 0 Å². The minimum atomic E-state index is 0.345. The van der Waals surface area contributed by atoms with E-state index in [0.29, 0.717) is 12.1 Å². The average Bonchev–Trinajstić information content (AvgIpc) is 3.01. The molecule has 3 heterocycles. The molecule has 2 unspecified atom stereocenters. The Hall–Kier alpha value is -2.43. The van der Waals surface area contributed by atoms with E-state index in [-0.39, 0.29) is 0 Å². The summed E-state index contributed by atoms with van der Waals surface area (Å²) in [5.41, 5.74) is 5.17. The lowest BCUT2D eigenvalue weighted by molar-refractivity contribution is -0.0402. The van der Waals surface area contributed by atoms with Crippen LogP contribution < -0.4 is 0 Å². The van der Waals surface area contributed by atoms with Crippen molar-refractivity contribution in [2.75, 3.05) is 13.2 Å². The number of benzene rings is 2. The van der Waals surface area contributed by atoms with Gasteiger partial charge in [-0.25, -0.2) is 0 Å². The van der Waals surface area contributed by atoms with Crippen molar-refractivity contribution in [1.29, 1.82) is 0 Å². The van der Waals surface area contributed by atoms with Gasteiger partial charge in [0.25, 0.3) is 0 Å². The second-order valence-electron chi connectivity index (χ2n) is 7.39. The SMILES string of the molecule is Cn1cc2ccc(C3=CC4COCC(C3)N4Cc3ccccc3)cc2n1. The van der Waals surface area contributed by atoms with Crippen molar-refractivity contribution >= 4 is 16.5 Å². The van der Waals surface area contributed by atoms with Gasteiger partial charge in [0.1, 0.15) is 0 Å². The summed E-state index contributed by atoms with van der Waals surface area (Å²) < 4.78 is 7.74. The zero-order valence-electron chi connectivity index (χ0n) is 15.0. The van der Waals surface area contributed by atoms with Crippen LogP contribution in [0.3, 0.4) is 0 Å². The third-order valence-corrected chi connectivity index (χ3v) is 5.54. The van der Waals surface area contributed by atoms with Crippen molar-refractivity contribution < 1.29 is 4.74 Å². The highest BCUT2D eigenvalue weighted by Crippen LogP contribution is 2.34. The molecule has 5 rings (SSSR count). The molecule has 26 heavy (non-hydrogen) atoms. The minimum absolute atomic E-state index is 0.345. The fraction of sp³-hybridized carbons (Fsp3) is 0.318. The highest BCUT2D eigenvalue weighted by molar-refractivity contribution is 5.83. The Morgan fingerprint density at radius 1 is 1.12 bits per heavy atom. The molecule has 1 saturated heterocycles. The number of rotatable bonds is 3. The van der Waals surface area contributed by atoms with Crippen LogP contribution in [-0.2, 0) is 18.3 Å². The molecule has 0 N–H and O–H groups in total.